The minimum atomic E-state index is 1.28. The van der Waals surface area contributed by atoms with Crippen molar-refractivity contribution in [2.24, 2.45) is 0 Å². The largest absolute Gasteiger partial charge is 0.0622 e. The molecule has 32 heavy (non-hydrogen) atoms. The standard InChI is InChI=1S/C31H23P/c1-20-16-17-22-10-6-8-14-25(22)28(20)30-21(2)29(24-12-4-3-5-13-24)27-19-18-23-11-7-9-15-26(23)31(27)32-30/h3-19H,1-2H3. The van der Waals surface area contributed by atoms with Crippen molar-refractivity contribution >= 4 is 40.2 Å². The summed E-state index contributed by atoms with van der Waals surface area (Å²) >= 11 is 0. The van der Waals surface area contributed by atoms with Crippen LogP contribution in [0.4, 0.5) is 0 Å². The molecule has 0 amide bonds. The van der Waals surface area contributed by atoms with E-state index in [1.807, 2.05) is 0 Å². The van der Waals surface area contributed by atoms with Gasteiger partial charge in [0, 0.05) is 10.4 Å². The van der Waals surface area contributed by atoms with Crippen LogP contribution in [0, 0.1) is 13.8 Å². The Balaban J connectivity index is 1.83. The topological polar surface area (TPSA) is 0 Å². The second-order valence-electron chi connectivity index (χ2n) is 8.49. The number of aryl methyl sites for hydroxylation is 1. The fraction of sp³-hybridized carbons (Fsp3) is 0.0645. The van der Waals surface area contributed by atoms with Crippen molar-refractivity contribution in [1.82, 2.24) is 0 Å². The summed E-state index contributed by atoms with van der Waals surface area (Å²) in [6.07, 6.45) is 0. The second-order valence-corrected chi connectivity index (χ2v) is 9.61. The van der Waals surface area contributed by atoms with Crippen LogP contribution >= 0.6 is 8.19 Å². The first kappa shape index (κ1) is 19.2. The van der Waals surface area contributed by atoms with Gasteiger partial charge in [0.25, 0.3) is 0 Å². The van der Waals surface area contributed by atoms with Gasteiger partial charge in [-0.3, -0.25) is 0 Å². The van der Waals surface area contributed by atoms with Gasteiger partial charge in [-0.1, -0.05) is 111 Å². The Morgan fingerprint density at radius 3 is 1.91 bits per heavy atom. The summed E-state index contributed by atoms with van der Waals surface area (Å²) in [5, 5.41) is 9.48. The van der Waals surface area contributed by atoms with Gasteiger partial charge < -0.3 is 0 Å². The lowest BCUT2D eigenvalue weighted by atomic mass is 9.92. The van der Waals surface area contributed by atoms with E-state index in [0.29, 0.717) is 0 Å². The van der Waals surface area contributed by atoms with E-state index in [1.54, 1.807) is 0 Å². The lowest BCUT2D eigenvalue weighted by Crippen LogP contribution is -1.92. The summed E-state index contributed by atoms with van der Waals surface area (Å²) in [6.45, 7) is 4.56. The molecule has 0 aliphatic rings. The zero-order valence-electron chi connectivity index (χ0n) is 18.3. The first-order chi connectivity index (χ1) is 15.7. The first-order valence-electron chi connectivity index (χ1n) is 11.1. The van der Waals surface area contributed by atoms with Gasteiger partial charge in [0.05, 0.1) is 0 Å². The van der Waals surface area contributed by atoms with Crippen LogP contribution in [0.1, 0.15) is 11.1 Å². The molecule has 0 fully saturated rings. The fourth-order valence-electron chi connectivity index (χ4n) is 5.01. The molecule has 0 saturated carbocycles. The van der Waals surface area contributed by atoms with Crippen molar-refractivity contribution in [3.63, 3.8) is 0 Å². The van der Waals surface area contributed by atoms with Crippen LogP contribution in [0.2, 0.25) is 0 Å². The van der Waals surface area contributed by atoms with E-state index in [9.17, 15) is 0 Å². The van der Waals surface area contributed by atoms with Gasteiger partial charge in [0.15, 0.2) is 0 Å². The summed E-state index contributed by atoms with van der Waals surface area (Å²) in [7, 11) is 1.28. The molecule has 0 saturated heterocycles. The highest BCUT2D eigenvalue weighted by Crippen LogP contribution is 2.49. The van der Waals surface area contributed by atoms with Gasteiger partial charge in [0.1, 0.15) is 0 Å². The van der Waals surface area contributed by atoms with E-state index in [4.69, 9.17) is 0 Å². The SMILES string of the molecule is Cc1ccc2ccccc2c1-c1pc2c(ccc3ccccc32)c(-c2ccccc2)c1C. The number of rotatable bonds is 2. The lowest BCUT2D eigenvalue weighted by Gasteiger charge is -2.19. The molecule has 0 aliphatic heterocycles. The van der Waals surface area contributed by atoms with Crippen LogP contribution in [-0.2, 0) is 0 Å². The minimum Gasteiger partial charge on any atom is -0.0622 e. The smallest absolute Gasteiger partial charge is 0.0181 e. The monoisotopic (exact) mass is 426 g/mol. The maximum atomic E-state index is 2.32. The Morgan fingerprint density at radius 2 is 1.12 bits per heavy atom. The van der Waals surface area contributed by atoms with Gasteiger partial charge in [-0.2, -0.15) is 0 Å². The maximum Gasteiger partial charge on any atom is 0.0181 e. The summed E-state index contributed by atoms with van der Waals surface area (Å²) in [4.78, 5) is 0. The Morgan fingerprint density at radius 1 is 0.500 bits per heavy atom. The highest BCUT2D eigenvalue weighted by atomic mass is 31.0. The Hall–Kier alpha value is -3.47. The molecule has 0 spiro atoms. The highest BCUT2D eigenvalue weighted by molar-refractivity contribution is 7.41. The van der Waals surface area contributed by atoms with Gasteiger partial charge in [0.2, 0.25) is 0 Å². The molecule has 1 aromatic heterocycles. The predicted octanol–water partition coefficient (Wildman–Crippen LogP) is 9.68. The molecular formula is C31H23P. The average Bonchev–Trinajstić information content (AvgIpc) is 2.84. The van der Waals surface area contributed by atoms with Crippen LogP contribution in [0.15, 0.2) is 103 Å². The van der Waals surface area contributed by atoms with Gasteiger partial charge in [-0.05, 0) is 68.6 Å². The molecular weight excluding hydrogens is 403 g/mol. The number of hydrogen-bond donors (Lipinski definition) is 0. The van der Waals surface area contributed by atoms with Crippen molar-refractivity contribution in [1.29, 1.82) is 0 Å². The zero-order chi connectivity index (χ0) is 21.7. The zero-order valence-corrected chi connectivity index (χ0v) is 19.2. The summed E-state index contributed by atoms with van der Waals surface area (Å²) < 4.78 is 0. The molecule has 0 nitrogen and oxygen atoms in total. The third kappa shape index (κ3) is 2.95. The van der Waals surface area contributed by atoms with E-state index in [-0.39, 0.29) is 0 Å². The van der Waals surface area contributed by atoms with E-state index < -0.39 is 0 Å². The molecule has 0 N–H and O–H groups in total. The minimum absolute atomic E-state index is 1.28. The highest BCUT2D eigenvalue weighted by Gasteiger charge is 2.18. The number of benzene rings is 5. The van der Waals surface area contributed by atoms with Crippen LogP contribution in [0.25, 0.3) is 54.0 Å². The quantitative estimate of drug-likeness (QED) is 0.242. The number of fused-ring (bicyclic) bond motifs is 4. The molecule has 1 heteroatoms. The van der Waals surface area contributed by atoms with Crippen LogP contribution in [0.5, 0.6) is 0 Å². The molecule has 6 aromatic rings. The van der Waals surface area contributed by atoms with E-state index in [1.165, 1.54) is 73.4 Å². The molecule has 0 radical (unpaired) electrons. The molecule has 0 atom stereocenters. The first-order valence-corrected chi connectivity index (χ1v) is 12.0. The van der Waals surface area contributed by atoms with E-state index in [0.717, 1.165) is 0 Å². The number of hydrogen-bond acceptors (Lipinski definition) is 0. The third-order valence-electron chi connectivity index (χ3n) is 6.56. The van der Waals surface area contributed by atoms with E-state index in [2.05, 4.69) is 117 Å². The Kier molecular flexibility index (Phi) is 4.56. The Bertz CT molecular complexity index is 1630. The van der Waals surface area contributed by atoms with Gasteiger partial charge in [-0.15, -0.1) is 0 Å². The van der Waals surface area contributed by atoms with Crippen molar-refractivity contribution in [2.45, 2.75) is 13.8 Å². The summed E-state index contributed by atoms with van der Waals surface area (Å²) in [5.74, 6) is 0. The molecule has 6 rings (SSSR count). The maximum absolute atomic E-state index is 2.32. The third-order valence-corrected chi connectivity index (χ3v) is 8.05. The molecule has 0 bridgehead atoms. The summed E-state index contributed by atoms with van der Waals surface area (Å²) in [5.41, 5.74) is 6.73. The normalized spacial score (nSPS) is 11.7. The van der Waals surface area contributed by atoms with Gasteiger partial charge in [-0.25, -0.2) is 0 Å². The lowest BCUT2D eigenvalue weighted by molar-refractivity contribution is 1.46. The van der Waals surface area contributed by atoms with Crippen LogP contribution < -0.4 is 0 Å². The fourth-order valence-corrected chi connectivity index (χ4v) is 6.55. The van der Waals surface area contributed by atoms with Crippen molar-refractivity contribution < 1.29 is 0 Å². The second kappa shape index (κ2) is 7.59. The predicted molar refractivity (Wildman–Crippen MR) is 142 cm³/mol. The Labute approximate surface area is 190 Å². The molecule has 0 unspecified atom stereocenters. The van der Waals surface area contributed by atoms with Crippen molar-refractivity contribution in [2.75, 3.05) is 0 Å². The van der Waals surface area contributed by atoms with Crippen molar-refractivity contribution in [3.05, 3.63) is 114 Å². The molecule has 0 aliphatic carbocycles. The van der Waals surface area contributed by atoms with E-state index >= 15 is 0 Å². The van der Waals surface area contributed by atoms with Crippen molar-refractivity contribution in [3.8, 4) is 22.0 Å². The molecule has 1 heterocycles. The average molecular weight is 426 g/mol. The van der Waals surface area contributed by atoms with Gasteiger partial charge >= 0.3 is 0 Å². The molecule has 152 valence electrons. The van der Waals surface area contributed by atoms with Crippen LogP contribution in [0.3, 0.4) is 0 Å². The molecule has 5 aromatic carbocycles. The summed E-state index contributed by atoms with van der Waals surface area (Å²) in [6, 6.07) is 37.6. The van der Waals surface area contributed by atoms with Crippen LogP contribution in [-0.4, -0.2) is 0 Å².